The molecule has 0 bridgehead atoms. The summed E-state index contributed by atoms with van der Waals surface area (Å²) in [6, 6.07) is 6.78. The maximum Gasteiger partial charge on any atom is 0.159 e. The Hall–Kier alpha value is -2.28. The van der Waals surface area contributed by atoms with Gasteiger partial charge in [-0.05, 0) is 29.7 Å². The summed E-state index contributed by atoms with van der Waals surface area (Å²) < 4.78 is 13.6. The Balaban J connectivity index is 2.44. The molecule has 3 nitrogen and oxygen atoms in total. The molecule has 0 radical (unpaired) electrons. The van der Waals surface area contributed by atoms with Gasteiger partial charge in [-0.1, -0.05) is 13.8 Å². The Morgan fingerprint density at radius 1 is 1.22 bits per heavy atom. The van der Waals surface area contributed by atoms with Gasteiger partial charge in [0.1, 0.15) is 11.9 Å². The van der Waals surface area contributed by atoms with E-state index in [1.54, 1.807) is 12.1 Å². The minimum atomic E-state index is -0.220. The smallest absolute Gasteiger partial charge is 0.159 e. The quantitative estimate of drug-likeness (QED) is 0.810. The van der Waals surface area contributed by atoms with Crippen LogP contribution in [0.4, 0.5) is 4.39 Å². The molecule has 0 aliphatic carbocycles. The first-order valence-electron chi connectivity index (χ1n) is 5.63. The zero-order chi connectivity index (χ0) is 13.1. The Morgan fingerprint density at radius 2 is 1.89 bits per heavy atom. The molecule has 0 amide bonds. The summed E-state index contributed by atoms with van der Waals surface area (Å²) in [5.41, 5.74) is 1.80. The van der Waals surface area contributed by atoms with E-state index in [0.29, 0.717) is 17.0 Å². The molecular formula is C14H12FN3. The van der Waals surface area contributed by atoms with Crippen LogP contribution >= 0.6 is 0 Å². The summed E-state index contributed by atoms with van der Waals surface area (Å²) in [5.74, 6) is 0.377. The molecule has 2 aromatic rings. The van der Waals surface area contributed by atoms with Crippen LogP contribution in [0.1, 0.15) is 30.9 Å². The van der Waals surface area contributed by atoms with Crippen molar-refractivity contribution >= 4 is 0 Å². The lowest BCUT2D eigenvalue weighted by atomic mass is 10.00. The molecule has 1 aromatic carbocycles. The third kappa shape index (κ3) is 2.35. The van der Waals surface area contributed by atoms with Crippen LogP contribution in [0.25, 0.3) is 11.4 Å². The normalized spacial score (nSPS) is 10.4. The highest BCUT2D eigenvalue weighted by atomic mass is 19.1. The van der Waals surface area contributed by atoms with Crippen molar-refractivity contribution in [1.29, 1.82) is 5.26 Å². The molecule has 1 heterocycles. The largest absolute Gasteiger partial charge is 0.235 e. The Morgan fingerprint density at radius 3 is 2.44 bits per heavy atom. The lowest BCUT2D eigenvalue weighted by molar-refractivity contribution is 0.598. The number of hydrogen-bond donors (Lipinski definition) is 0. The minimum absolute atomic E-state index is 0.100. The number of rotatable bonds is 2. The average molecular weight is 241 g/mol. The molecule has 0 N–H and O–H groups in total. The van der Waals surface area contributed by atoms with E-state index in [2.05, 4.69) is 9.97 Å². The Labute approximate surface area is 105 Å². The summed E-state index contributed by atoms with van der Waals surface area (Å²) in [7, 11) is 0. The van der Waals surface area contributed by atoms with Crippen LogP contribution in [0, 0.1) is 17.1 Å². The van der Waals surface area contributed by atoms with Crippen LogP contribution in [-0.2, 0) is 0 Å². The van der Waals surface area contributed by atoms with Gasteiger partial charge < -0.3 is 0 Å². The van der Waals surface area contributed by atoms with Crippen LogP contribution in [0.3, 0.4) is 0 Å². The van der Waals surface area contributed by atoms with Crippen molar-refractivity contribution in [3.63, 3.8) is 0 Å². The summed E-state index contributed by atoms with van der Waals surface area (Å²) in [5, 5.41) is 8.67. The third-order valence-corrected chi connectivity index (χ3v) is 2.66. The molecule has 0 atom stereocenters. The number of hydrogen-bond acceptors (Lipinski definition) is 3. The molecule has 0 spiro atoms. The highest BCUT2D eigenvalue weighted by molar-refractivity contribution is 5.56. The first-order chi connectivity index (χ1) is 8.61. The summed E-state index contributed by atoms with van der Waals surface area (Å²) in [4.78, 5) is 8.19. The van der Waals surface area contributed by atoms with Gasteiger partial charge in [0.15, 0.2) is 5.82 Å². The first kappa shape index (κ1) is 12.2. The van der Waals surface area contributed by atoms with E-state index < -0.39 is 0 Å². The first-order valence-corrected chi connectivity index (χ1v) is 5.63. The average Bonchev–Trinajstić information content (AvgIpc) is 2.39. The molecule has 0 saturated carbocycles. The van der Waals surface area contributed by atoms with Crippen LogP contribution in [0.2, 0.25) is 0 Å². The molecular weight excluding hydrogens is 229 g/mol. The van der Waals surface area contributed by atoms with Crippen LogP contribution in [-0.4, -0.2) is 9.97 Å². The van der Waals surface area contributed by atoms with Gasteiger partial charge in [0.05, 0.1) is 5.56 Å². The fourth-order valence-electron chi connectivity index (χ4n) is 1.66. The highest BCUT2D eigenvalue weighted by Gasteiger charge is 2.09. The number of aromatic nitrogens is 2. The summed E-state index contributed by atoms with van der Waals surface area (Å²) in [6.45, 7) is 3.86. The second kappa shape index (κ2) is 4.92. The highest BCUT2D eigenvalue weighted by Crippen LogP contribution is 2.24. The minimum Gasteiger partial charge on any atom is -0.235 e. The number of halogens is 1. The molecule has 90 valence electrons. The van der Waals surface area contributed by atoms with Crippen molar-refractivity contribution in [2.75, 3.05) is 0 Å². The van der Waals surface area contributed by atoms with Crippen LogP contribution in [0.5, 0.6) is 0 Å². The van der Waals surface area contributed by atoms with Crippen molar-refractivity contribution in [3.8, 4) is 17.5 Å². The number of benzene rings is 1. The van der Waals surface area contributed by atoms with E-state index >= 15 is 0 Å². The van der Waals surface area contributed by atoms with Gasteiger partial charge in [-0.15, -0.1) is 0 Å². The van der Waals surface area contributed by atoms with Crippen molar-refractivity contribution in [2.24, 2.45) is 0 Å². The predicted octanol–water partition coefficient (Wildman–Crippen LogP) is 3.28. The molecule has 0 unspecified atom stereocenters. The lowest BCUT2D eigenvalue weighted by Gasteiger charge is -2.08. The van der Waals surface area contributed by atoms with Gasteiger partial charge in [-0.2, -0.15) is 5.26 Å². The standard InChI is InChI=1S/C14H12FN3/c1-9(2)12-5-11(3-4-13(12)15)14-17-7-10(6-16)8-18-14/h3-5,7-9H,1-2H3. The van der Waals surface area contributed by atoms with Gasteiger partial charge in [0, 0.05) is 18.0 Å². The van der Waals surface area contributed by atoms with E-state index in [1.807, 2.05) is 19.9 Å². The van der Waals surface area contributed by atoms with Gasteiger partial charge in [-0.3, -0.25) is 0 Å². The molecule has 18 heavy (non-hydrogen) atoms. The van der Waals surface area contributed by atoms with Gasteiger partial charge in [0.25, 0.3) is 0 Å². The Bertz CT molecular complexity index is 597. The van der Waals surface area contributed by atoms with Gasteiger partial charge >= 0.3 is 0 Å². The Kier molecular flexibility index (Phi) is 3.33. The van der Waals surface area contributed by atoms with Crippen molar-refractivity contribution in [2.45, 2.75) is 19.8 Å². The fraction of sp³-hybridized carbons (Fsp3) is 0.214. The molecule has 2 rings (SSSR count). The van der Waals surface area contributed by atoms with Gasteiger partial charge in [-0.25, -0.2) is 14.4 Å². The molecule has 0 saturated heterocycles. The number of nitrogens with zero attached hydrogens (tertiary/aromatic N) is 3. The third-order valence-electron chi connectivity index (χ3n) is 2.66. The SMILES string of the molecule is CC(C)c1cc(-c2ncc(C#N)cn2)ccc1F. The second-order valence-electron chi connectivity index (χ2n) is 4.30. The molecule has 0 aliphatic rings. The van der Waals surface area contributed by atoms with E-state index in [1.165, 1.54) is 18.5 Å². The zero-order valence-electron chi connectivity index (χ0n) is 10.2. The van der Waals surface area contributed by atoms with Crippen molar-refractivity contribution in [1.82, 2.24) is 9.97 Å². The topological polar surface area (TPSA) is 49.6 Å². The van der Waals surface area contributed by atoms with Gasteiger partial charge in [0.2, 0.25) is 0 Å². The van der Waals surface area contributed by atoms with Crippen molar-refractivity contribution < 1.29 is 4.39 Å². The molecule has 0 fully saturated rings. The maximum absolute atomic E-state index is 13.6. The molecule has 0 aliphatic heterocycles. The monoisotopic (exact) mass is 241 g/mol. The number of nitriles is 1. The maximum atomic E-state index is 13.6. The predicted molar refractivity (Wildman–Crippen MR) is 66.2 cm³/mol. The van der Waals surface area contributed by atoms with E-state index in [9.17, 15) is 4.39 Å². The van der Waals surface area contributed by atoms with Crippen molar-refractivity contribution in [3.05, 3.63) is 47.5 Å². The van der Waals surface area contributed by atoms with Crippen LogP contribution < -0.4 is 0 Å². The van der Waals surface area contributed by atoms with E-state index in [0.717, 1.165) is 5.56 Å². The second-order valence-corrected chi connectivity index (χ2v) is 4.30. The van der Waals surface area contributed by atoms with Crippen LogP contribution in [0.15, 0.2) is 30.6 Å². The molecule has 1 aromatic heterocycles. The zero-order valence-corrected chi connectivity index (χ0v) is 10.2. The lowest BCUT2D eigenvalue weighted by Crippen LogP contribution is -1.96. The summed E-state index contributed by atoms with van der Waals surface area (Å²) >= 11 is 0. The molecule has 4 heteroatoms. The summed E-state index contributed by atoms with van der Waals surface area (Å²) in [6.07, 6.45) is 2.92. The van der Waals surface area contributed by atoms with E-state index in [4.69, 9.17) is 5.26 Å². The fourth-order valence-corrected chi connectivity index (χ4v) is 1.66. The van der Waals surface area contributed by atoms with E-state index in [-0.39, 0.29) is 11.7 Å².